The van der Waals surface area contributed by atoms with Gasteiger partial charge >= 0.3 is 0 Å². The van der Waals surface area contributed by atoms with Gasteiger partial charge in [0.2, 0.25) is 14.2 Å². The van der Waals surface area contributed by atoms with Crippen molar-refractivity contribution >= 4 is 19.9 Å². The highest BCUT2D eigenvalue weighted by atomic mass is 28.4. The highest BCUT2D eigenvalue weighted by Gasteiger charge is 2.38. The Balaban J connectivity index is 2.86. The molecule has 0 saturated heterocycles. The fourth-order valence-electron chi connectivity index (χ4n) is 1.30. The Kier molecular flexibility index (Phi) is 4.76. The molecule has 0 aliphatic carbocycles. The molecule has 0 saturated carbocycles. The first-order valence-corrected chi connectivity index (χ1v) is 9.35. The highest BCUT2D eigenvalue weighted by Crippen LogP contribution is 2.37. The Morgan fingerprint density at radius 1 is 1.37 bits per heavy atom. The molecule has 0 unspecified atom stereocenters. The predicted molar refractivity (Wildman–Crippen MR) is 82.0 cm³/mol. The number of benzene rings is 1. The number of hydrogen-bond donors (Lipinski definition) is 2. The van der Waals surface area contributed by atoms with Crippen molar-refractivity contribution in [2.45, 2.75) is 38.9 Å². The van der Waals surface area contributed by atoms with Crippen molar-refractivity contribution in [2.75, 3.05) is 11.9 Å². The summed E-state index contributed by atoms with van der Waals surface area (Å²) in [6.07, 6.45) is 0. The van der Waals surface area contributed by atoms with E-state index in [0.717, 1.165) is 5.75 Å². The number of anilines is 1. The maximum atomic E-state index is 11.3. The van der Waals surface area contributed by atoms with Gasteiger partial charge in [-0.1, -0.05) is 26.8 Å². The summed E-state index contributed by atoms with van der Waals surface area (Å²) < 4.78 is 6.18. The average Bonchev–Trinajstić information content (AvgIpc) is 2.27. The van der Waals surface area contributed by atoms with Crippen molar-refractivity contribution in [1.82, 2.24) is 0 Å². The molecule has 0 atom stereocenters. The second-order valence-electron chi connectivity index (χ2n) is 6.14. The number of nitrogens with two attached hydrogens (primary N) is 1. The lowest BCUT2D eigenvalue weighted by molar-refractivity contribution is -0.114. The number of nitrogens with one attached hydrogen (secondary N) is 1. The van der Waals surface area contributed by atoms with Crippen molar-refractivity contribution in [3.63, 3.8) is 0 Å². The van der Waals surface area contributed by atoms with E-state index in [4.69, 9.17) is 10.2 Å². The van der Waals surface area contributed by atoms with Crippen LogP contribution in [0.4, 0.5) is 5.69 Å². The zero-order valence-electron chi connectivity index (χ0n) is 12.4. The van der Waals surface area contributed by atoms with Crippen molar-refractivity contribution in [1.29, 1.82) is 0 Å². The Hall–Kier alpha value is -1.33. The van der Waals surface area contributed by atoms with Gasteiger partial charge in [-0.2, -0.15) is 0 Å². The van der Waals surface area contributed by atoms with Gasteiger partial charge in [0.25, 0.3) is 0 Å². The van der Waals surface area contributed by atoms with Gasteiger partial charge in [-0.15, -0.1) is 0 Å². The Morgan fingerprint density at radius 3 is 2.53 bits per heavy atom. The summed E-state index contributed by atoms with van der Waals surface area (Å²) in [5, 5.41) is 2.87. The summed E-state index contributed by atoms with van der Waals surface area (Å²) in [6, 6.07) is 7.45. The molecule has 19 heavy (non-hydrogen) atoms. The Labute approximate surface area is 116 Å². The maximum absolute atomic E-state index is 11.3. The molecule has 0 fully saturated rings. The number of carbonyl (C=O) groups excluding carboxylic acids is 1. The molecule has 0 radical (unpaired) electrons. The zero-order valence-corrected chi connectivity index (χ0v) is 13.4. The Bertz CT molecular complexity index is 453. The third kappa shape index (κ3) is 4.36. The van der Waals surface area contributed by atoms with Crippen LogP contribution in [0.1, 0.15) is 20.8 Å². The third-order valence-electron chi connectivity index (χ3n) is 3.48. The second-order valence-corrected chi connectivity index (χ2v) is 10.9. The summed E-state index contributed by atoms with van der Waals surface area (Å²) in [4.78, 5) is 11.3. The molecule has 1 rings (SSSR count). The lowest BCUT2D eigenvalue weighted by Crippen LogP contribution is -2.43. The van der Waals surface area contributed by atoms with Crippen molar-refractivity contribution in [3.05, 3.63) is 24.3 Å². The molecule has 0 aliphatic rings. The predicted octanol–water partition coefficient (Wildman–Crippen LogP) is 2.97. The summed E-state index contributed by atoms with van der Waals surface area (Å²) >= 11 is 0. The van der Waals surface area contributed by atoms with Crippen molar-refractivity contribution in [3.8, 4) is 5.75 Å². The van der Waals surface area contributed by atoms with E-state index >= 15 is 0 Å². The zero-order chi connectivity index (χ0) is 14.7. The molecule has 0 aromatic heterocycles. The summed E-state index contributed by atoms with van der Waals surface area (Å²) in [5.74, 6) is 0.589. The topological polar surface area (TPSA) is 64.3 Å². The first kappa shape index (κ1) is 15.7. The molecular weight excluding hydrogens is 256 g/mol. The molecule has 0 spiro atoms. The van der Waals surface area contributed by atoms with Crippen molar-refractivity contribution < 1.29 is 9.22 Å². The highest BCUT2D eigenvalue weighted by molar-refractivity contribution is 6.74. The lowest BCUT2D eigenvalue weighted by Gasteiger charge is -2.36. The van der Waals surface area contributed by atoms with Crippen LogP contribution in [0.15, 0.2) is 24.3 Å². The van der Waals surface area contributed by atoms with Gasteiger partial charge in [0, 0.05) is 11.8 Å². The van der Waals surface area contributed by atoms with E-state index in [1.165, 1.54) is 0 Å². The average molecular weight is 280 g/mol. The van der Waals surface area contributed by atoms with Crippen LogP contribution in [0, 0.1) is 0 Å². The molecule has 3 N–H and O–H groups in total. The van der Waals surface area contributed by atoms with E-state index in [2.05, 4.69) is 39.2 Å². The molecule has 1 aromatic carbocycles. The van der Waals surface area contributed by atoms with Crippen molar-refractivity contribution in [2.24, 2.45) is 5.73 Å². The van der Waals surface area contributed by atoms with Gasteiger partial charge in [-0.3, -0.25) is 4.79 Å². The summed E-state index contributed by atoms with van der Waals surface area (Å²) in [5.41, 5.74) is 5.99. The number of amides is 1. The first-order chi connectivity index (χ1) is 8.65. The smallest absolute Gasteiger partial charge is 0.250 e. The number of carbonyl (C=O) groups is 1. The standard InChI is InChI=1S/C14H24N2O2Si/c1-14(2,3)19(4,5)18-12-8-6-7-11(9-12)16-13(17)10-15/h6-9H,10,15H2,1-5H3,(H,16,17). The number of rotatable bonds is 4. The minimum atomic E-state index is -1.85. The van der Waals surface area contributed by atoms with Crippen LogP contribution < -0.4 is 15.5 Å². The van der Waals surface area contributed by atoms with E-state index in [1.54, 1.807) is 0 Å². The molecular formula is C14H24N2O2Si. The van der Waals surface area contributed by atoms with Crippen LogP contribution in [-0.4, -0.2) is 20.8 Å². The van der Waals surface area contributed by atoms with E-state index in [0.29, 0.717) is 5.69 Å². The molecule has 5 heteroatoms. The quantitative estimate of drug-likeness (QED) is 0.833. The molecule has 0 aliphatic heterocycles. The van der Waals surface area contributed by atoms with E-state index in [-0.39, 0.29) is 17.5 Å². The molecule has 4 nitrogen and oxygen atoms in total. The summed E-state index contributed by atoms with van der Waals surface area (Å²) in [7, 11) is -1.85. The van der Waals surface area contributed by atoms with E-state index in [9.17, 15) is 4.79 Å². The van der Waals surface area contributed by atoms with E-state index < -0.39 is 8.32 Å². The largest absolute Gasteiger partial charge is 0.543 e. The van der Waals surface area contributed by atoms with Crippen LogP contribution in [-0.2, 0) is 4.79 Å². The fourth-order valence-corrected chi connectivity index (χ4v) is 2.32. The van der Waals surface area contributed by atoms with Gasteiger partial charge < -0.3 is 15.5 Å². The summed E-state index contributed by atoms with van der Waals surface area (Å²) in [6.45, 7) is 10.9. The van der Waals surface area contributed by atoms with Gasteiger partial charge in [0.15, 0.2) is 0 Å². The Morgan fingerprint density at radius 2 is 2.00 bits per heavy atom. The van der Waals surface area contributed by atoms with Crippen LogP contribution in [0.5, 0.6) is 5.75 Å². The number of hydrogen-bond acceptors (Lipinski definition) is 3. The fraction of sp³-hybridized carbons (Fsp3) is 0.500. The monoisotopic (exact) mass is 280 g/mol. The van der Waals surface area contributed by atoms with Crippen LogP contribution in [0.2, 0.25) is 18.1 Å². The van der Waals surface area contributed by atoms with Gasteiger partial charge in [0.05, 0.1) is 6.54 Å². The van der Waals surface area contributed by atoms with Crippen LogP contribution in [0.25, 0.3) is 0 Å². The van der Waals surface area contributed by atoms with Gasteiger partial charge in [-0.25, -0.2) is 0 Å². The molecule has 1 amide bonds. The molecule has 0 bridgehead atoms. The van der Waals surface area contributed by atoms with Gasteiger partial charge in [-0.05, 0) is 30.3 Å². The first-order valence-electron chi connectivity index (χ1n) is 6.45. The van der Waals surface area contributed by atoms with Gasteiger partial charge in [0.1, 0.15) is 5.75 Å². The maximum Gasteiger partial charge on any atom is 0.250 e. The SMILES string of the molecule is CC(C)(C)[Si](C)(C)Oc1cccc(NC(=O)CN)c1. The molecule has 0 heterocycles. The minimum Gasteiger partial charge on any atom is -0.543 e. The lowest BCUT2D eigenvalue weighted by atomic mass is 10.2. The van der Waals surface area contributed by atoms with Crippen LogP contribution >= 0.6 is 0 Å². The van der Waals surface area contributed by atoms with E-state index in [1.807, 2.05) is 24.3 Å². The third-order valence-corrected chi connectivity index (χ3v) is 7.84. The minimum absolute atomic E-state index is 0.0205. The molecule has 1 aromatic rings. The molecule has 106 valence electrons. The second kappa shape index (κ2) is 5.75. The van der Waals surface area contributed by atoms with Crippen LogP contribution in [0.3, 0.4) is 0 Å². The normalized spacial score (nSPS) is 12.1.